The summed E-state index contributed by atoms with van der Waals surface area (Å²) in [6, 6.07) is 4.24. The van der Waals surface area contributed by atoms with Crippen LogP contribution in [0.1, 0.15) is 69.3 Å². The number of anilines is 3. The fourth-order valence-electron chi connectivity index (χ4n) is 4.92. The van der Waals surface area contributed by atoms with E-state index in [9.17, 15) is 23.9 Å². The van der Waals surface area contributed by atoms with Crippen molar-refractivity contribution in [3.05, 3.63) is 46.5 Å². The van der Waals surface area contributed by atoms with Gasteiger partial charge in [-0.3, -0.25) is 14.5 Å². The van der Waals surface area contributed by atoms with E-state index >= 15 is 0 Å². The van der Waals surface area contributed by atoms with Crippen LogP contribution in [0, 0.1) is 5.92 Å². The summed E-state index contributed by atoms with van der Waals surface area (Å²) in [5.74, 6) is 0.345. The fraction of sp³-hybridized carbons (Fsp3) is 0.519. The van der Waals surface area contributed by atoms with E-state index in [1.54, 1.807) is 39.1 Å². The van der Waals surface area contributed by atoms with Gasteiger partial charge in [0.2, 0.25) is 0 Å². The summed E-state index contributed by atoms with van der Waals surface area (Å²) in [6.07, 6.45) is 3.40. The molecule has 2 N–H and O–H groups in total. The highest BCUT2D eigenvalue weighted by Gasteiger charge is 2.40. The van der Waals surface area contributed by atoms with E-state index in [1.165, 1.54) is 33.3 Å². The second-order valence-corrected chi connectivity index (χ2v) is 11.4. The number of ether oxygens (including phenoxy) is 1. The molecule has 0 radical (unpaired) electrons. The number of alkyl halides is 1. The molecule has 5 rings (SSSR count). The lowest BCUT2D eigenvalue weighted by molar-refractivity contribution is 0.0587. The third-order valence-electron chi connectivity index (χ3n) is 7.03. The minimum atomic E-state index is -1.05. The predicted molar refractivity (Wildman–Crippen MR) is 142 cm³/mol. The fourth-order valence-corrected chi connectivity index (χ4v) is 4.92. The largest absolute Gasteiger partial charge is 0.443 e. The molecule has 0 bridgehead atoms. The van der Waals surface area contributed by atoms with Gasteiger partial charge in [0.05, 0.1) is 23.9 Å². The molecule has 39 heavy (non-hydrogen) atoms. The second-order valence-electron chi connectivity index (χ2n) is 11.4. The molecule has 1 amide bonds. The number of pyridine rings is 1. The SMILES string of the molecule is CN(C(=O)OC(C)(C)C)c1cc(Nc2cccn([C@@H]3C[C@H]3F)c2=O)nc2c(C(=O)CC3CC[C@H](O)C3)cnn12. The first-order chi connectivity index (χ1) is 18.4. The molecule has 0 aliphatic heterocycles. The lowest BCUT2D eigenvalue weighted by atomic mass is 9.98. The van der Waals surface area contributed by atoms with Gasteiger partial charge in [-0.15, -0.1) is 0 Å². The van der Waals surface area contributed by atoms with Gasteiger partial charge in [0.25, 0.3) is 5.56 Å². The molecule has 3 heterocycles. The second kappa shape index (κ2) is 10.1. The van der Waals surface area contributed by atoms with E-state index in [-0.39, 0.29) is 53.1 Å². The van der Waals surface area contributed by atoms with Crippen LogP contribution < -0.4 is 15.8 Å². The number of hydrogen-bond donors (Lipinski definition) is 2. The molecular weight excluding hydrogens is 507 g/mol. The number of aliphatic hydroxyl groups is 1. The molecule has 0 spiro atoms. The first-order valence-electron chi connectivity index (χ1n) is 13.1. The number of aliphatic hydroxyl groups excluding tert-OH is 1. The van der Waals surface area contributed by atoms with Gasteiger partial charge < -0.3 is 19.7 Å². The zero-order valence-electron chi connectivity index (χ0n) is 22.4. The third kappa shape index (κ3) is 5.65. The smallest absolute Gasteiger partial charge is 0.415 e. The Balaban J connectivity index is 1.53. The number of halogens is 1. The van der Waals surface area contributed by atoms with E-state index in [0.29, 0.717) is 12.8 Å². The van der Waals surface area contributed by atoms with Crippen LogP contribution in [-0.4, -0.2) is 61.1 Å². The van der Waals surface area contributed by atoms with Gasteiger partial charge >= 0.3 is 6.09 Å². The van der Waals surface area contributed by atoms with Gasteiger partial charge in [0, 0.05) is 32.2 Å². The van der Waals surface area contributed by atoms with Gasteiger partial charge in [-0.1, -0.05) is 0 Å². The van der Waals surface area contributed by atoms with Crippen molar-refractivity contribution in [2.45, 2.75) is 76.8 Å². The van der Waals surface area contributed by atoms with Crippen LogP contribution in [-0.2, 0) is 4.74 Å². The highest BCUT2D eigenvalue weighted by molar-refractivity contribution is 6.02. The Morgan fingerprint density at radius 2 is 2.03 bits per heavy atom. The Morgan fingerprint density at radius 3 is 2.67 bits per heavy atom. The van der Waals surface area contributed by atoms with Crippen molar-refractivity contribution >= 4 is 34.8 Å². The van der Waals surface area contributed by atoms with E-state index in [2.05, 4.69) is 15.4 Å². The molecule has 11 nitrogen and oxygen atoms in total. The predicted octanol–water partition coefficient (Wildman–Crippen LogP) is 4.02. The molecule has 208 valence electrons. The molecule has 3 aromatic rings. The van der Waals surface area contributed by atoms with E-state index in [1.807, 2.05) is 0 Å². The number of carbonyl (C=O) groups is 2. The summed E-state index contributed by atoms with van der Waals surface area (Å²) < 4.78 is 21.9. The lowest BCUT2D eigenvalue weighted by Gasteiger charge is -2.25. The molecule has 3 aromatic heterocycles. The van der Waals surface area contributed by atoms with Crippen molar-refractivity contribution in [1.82, 2.24) is 19.2 Å². The number of carbonyl (C=O) groups excluding carboxylic acids is 2. The Kier molecular flexibility index (Phi) is 6.91. The van der Waals surface area contributed by atoms with Gasteiger partial charge in [0.1, 0.15) is 29.1 Å². The van der Waals surface area contributed by atoms with Crippen LogP contribution in [0.15, 0.2) is 35.4 Å². The Labute approximate surface area is 224 Å². The van der Waals surface area contributed by atoms with Crippen LogP contribution in [0.25, 0.3) is 5.65 Å². The molecule has 12 heteroatoms. The first-order valence-corrected chi connectivity index (χ1v) is 13.1. The highest BCUT2D eigenvalue weighted by Crippen LogP contribution is 2.38. The summed E-state index contributed by atoms with van der Waals surface area (Å²) in [5, 5.41) is 17.2. The van der Waals surface area contributed by atoms with E-state index in [4.69, 9.17) is 4.74 Å². The summed E-state index contributed by atoms with van der Waals surface area (Å²) in [7, 11) is 1.51. The van der Waals surface area contributed by atoms with E-state index in [0.717, 1.165) is 6.42 Å². The zero-order valence-corrected chi connectivity index (χ0v) is 22.4. The molecule has 0 saturated heterocycles. The topological polar surface area (TPSA) is 131 Å². The number of ketones is 1. The Hall–Kier alpha value is -3.80. The third-order valence-corrected chi connectivity index (χ3v) is 7.03. The molecule has 2 aliphatic carbocycles. The number of aromatic nitrogens is 4. The summed E-state index contributed by atoms with van der Waals surface area (Å²) in [5.41, 5.74) is -0.511. The van der Waals surface area contributed by atoms with Crippen molar-refractivity contribution in [2.75, 3.05) is 17.3 Å². The van der Waals surface area contributed by atoms with Crippen molar-refractivity contribution in [3.63, 3.8) is 0 Å². The Bertz CT molecular complexity index is 1480. The van der Waals surface area contributed by atoms with Crippen molar-refractivity contribution in [1.29, 1.82) is 0 Å². The summed E-state index contributed by atoms with van der Waals surface area (Å²) >= 11 is 0. The molecule has 4 atom stereocenters. The zero-order chi connectivity index (χ0) is 28.1. The number of nitrogens with zero attached hydrogens (tertiary/aromatic N) is 5. The van der Waals surface area contributed by atoms with Gasteiger partial charge in [-0.2, -0.15) is 9.61 Å². The lowest BCUT2D eigenvalue weighted by Crippen LogP contribution is -2.35. The van der Waals surface area contributed by atoms with Crippen LogP contribution in [0.5, 0.6) is 0 Å². The molecule has 2 aliphatic rings. The quantitative estimate of drug-likeness (QED) is 0.430. The number of hydrogen-bond acceptors (Lipinski definition) is 8. The van der Waals surface area contributed by atoms with Crippen molar-refractivity contribution in [2.24, 2.45) is 5.92 Å². The van der Waals surface area contributed by atoms with Gasteiger partial charge in [-0.25, -0.2) is 14.2 Å². The minimum absolute atomic E-state index is 0.0669. The average molecular weight is 541 g/mol. The highest BCUT2D eigenvalue weighted by atomic mass is 19.1. The molecule has 2 fully saturated rings. The van der Waals surface area contributed by atoms with Gasteiger partial charge in [-0.05, 0) is 58.1 Å². The Morgan fingerprint density at radius 1 is 1.28 bits per heavy atom. The molecular formula is C27H33FN6O5. The van der Waals surface area contributed by atoms with Crippen molar-refractivity contribution in [3.8, 4) is 0 Å². The summed E-state index contributed by atoms with van der Waals surface area (Å²) in [4.78, 5) is 45.1. The maximum absolute atomic E-state index is 13.7. The monoisotopic (exact) mass is 540 g/mol. The number of fused-ring (bicyclic) bond motifs is 1. The van der Waals surface area contributed by atoms with Crippen LogP contribution in [0.4, 0.5) is 26.5 Å². The van der Waals surface area contributed by atoms with Crippen molar-refractivity contribution < 1.29 is 23.8 Å². The number of nitrogens with one attached hydrogen (secondary N) is 1. The molecule has 0 aromatic carbocycles. The van der Waals surface area contributed by atoms with Crippen LogP contribution in [0.2, 0.25) is 0 Å². The minimum Gasteiger partial charge on any atom is -0.443 e. The maximum atomic E-state index is 13.7. The van der Waals surface area contributed by atoms with Crippen LogP contribution >= 0.6 is 0 Å². The average Bonchev–Trinajstić information content (AvgIpc) is 3.21. The van der Waals surface area contributed by atoms with Gasteiger partial charge in [0.15, 0.2) is 11.4 Å². The standard InChI is InChI=1S/C27H33FN6O5/c1-27(2,3)39-26(38)32(4)23-13-22(30-19-6-5-9-33(25(19)37)20-12-18(20)28)31-24-17(14-29-34(23)24)21(36)11-15-7-8-16(35)10-15/h5-6,9,13-16,18,20,35H,7-8,10-12H2,1-4H3,(H,30,31)/t15?,16-,18+,20+/m0/s1. The van der Waals surface area contributed by atoms with Crippen LogP contribution in [0.3, 0.4) is 0 Å². The molecule has 1 unspecified atom stereocenters. The van der Waals surface area contributed by atoms with E-state index < -0.39 is 35.6 Å². The molecule has 2 saturated carbocycles. The normalized spacial score (nSPS) is 22.6. The summed E-state index contributed by atoms with van der Waals surface area (Å²) in [6.45, 7) is 5.25. The number of rotatable bonds is 7. The first kappa shape index (κ1) is 26.8. The number of amides is 1. The maximum Gasteiger partial charge on any atom is 0.415 e. The number of Topliss-reactive ketones (excluding diaryl/α,β-unsaturated/α-hetero) is 1.